The quantitative estimate of drug-likeness (QED) is 0.301. The second kappa shape index (κ2) is 10.0. The summed E-state index contributed by atoms with van der Waals surface area (Å²) in [5.41, 5.74) is 1.04. The van der Waals surface area contributed by atoms with Gasteiger partial charge in [-0.25, -0.2) is 9.78 Å². The lowest BCUT2D eigenvalue weighted by molar-refractivity contribution is -0.385. The highest BCUT2D eigenvalue weighted by Gasteiger charge is 2.30. The molecule has 1 fully saturated rings. The summed E-state index contributed by atoms with van der Waals surface area (Å²) in [5, 5.41) is 11.9. The van der Waals surface area contributed by atoms with Crippen molar-refractivity contribution in [3.63, 3.8) is 0 Å². The van der Waals surface area contributed by atoms with Gasteiger partial charge >= 0.3 is 17.5 Å². The van der Waals surface area contributed by atoms with Crippen LogP contribution in [-0.2, 0) is 11.3 Å². The first-order chi connectivity index (χ1) is 16.0. The van der Waals surface area contributed by atoms with Crippen molar-refractivity contribution in [1.82, 2.24) is 19.9 Å². The van der Waals surface area contributed by atoms with Crippen LogP contribution in [0.4, 0.5) is 11.5 Å². The minimum atomic E-state index is -0.598. The summed E-state index contributed by atoms with van der Waals surface area (Å²) in [5.74, 6) is -0.500. The topological polar surface area (TPSA) is 124 Å². The van der Waals surface area contributed by atoms with E-state index in [1.54, 1.807) is 0 Å². The van der Waals surface area contributed by atoms with Gasteiger partial charge in [-0.3, -0.25) is 20.0 Å². The van der Waals surface area contributed by atoms with Crippen LogP contribution in [-0.4, -0.2) is 64.0 Å². The number of nitrogens with zero attached hydrogens (tertiary/aromatic N) is 6. The fraction of sp³-hybridized carbons (Fsp3) is 0.273. The zero-order chi connectivity index (χ0) is 23.2. The van der Waals surface area contributed by atoms with Crippen LogP contribution in [0.2, 0.25) is 0 Å². The van der Waals surface area contributed by atoms with Crippen LogP contribution in [0, 0.1) is 10.1 Å². The van der Waals surface area contributed by atoms with Gasteiger partial charge in [0.25, 0.3) is 0 Å². The molecule has 33 heavy (non-hydrogen) atoms. The molecule has 170 valence electrons. The molecule has 0 unspecified atom stereocenters. The molecule has 0 aliphatic carbocycles. The van der Waals surface area contributed by atoms with Crippen LogP contribution in [0.15, 0.2) is 55.1 Å². The average molecular weight is 450 g/mol. The van der Waals surface area contributed by atoms with Gasteiger partial charge in [-0.05, 0) is 11.6 Å². The van der Waals surface area contributed by atoms with E-state index >= 15 is 0 Å². The Kier molecular flexibility index (Phi) is 6.69. The highest BCUT2D eigenvalue weighted by Crippen LogP contribution is 2.36. The Balaban J connectivity index is 1.51. The minimum Gasteiger partial charge on any atom is -0.465 e. The number of carbonyl (C=O) groups excluding carboxylic acids is 1. The van der Waals surface area contributed by atoms with Crippen molar-refractivity contribution in [2.45, 2.75) is 6.54 Å². The lowest BCUT2D eigenvalue weighted by Crippen LogP contribution is -2.46. The summed E-state index contributed by atoms with van der Waals surface area (Å²) in [6.07, 6.45) is 3.87. The molecular weight excluding hydrogens is 428 g/mol. The van der Waals surface area contributed by atoms with Gasteiger partial charge in [0.1, 0.15) is 12.1 Å². The van der Waals surface area contributed by atoms with Crippen LogP contribution >= 0.6 is 0 Å². The Morgan fingerprint density at radius 3 is 2.58 bits per heavy atom. The van der Waals surface area contributed by atoms with Crippen LogP contribution in [0.1, 0.15) is 15.9 Å². The number of anilines is 1. The van der Waals surface area contributed by atoms with Gasteiger partial charge in [0, 0.05) is 38.9 Å². The summed E-state index contributed by atoms with van der Waals surface area (Å²) >= 11 is 0. The zero-order valence-electron chi connectivity index (χ0n) is 18.0. The number of ether oxygens (including phenoxy) is 2. The summed E-state index contributed by atoms with van der Waals surface area (Å²) in [6, 6.07) is 11.5. The van der Waals surface area contributed by atoms with Gasteiger partial charge in [0.2, 0.25) is 5.82 Å². The monoisotopic (exact) mass is 450 g/mol. The van der Waals surface area contributed by atoms with Gasteiger partial charge in [-0.15, -0.1) is 0 Å². The molecule has 2 aromatic heterocycles. The number of benzene rings is 1. The third kappa shape index (κ3) is 5.21. The second-order valence-corrected chi connectivity index (χ2v) is 7.36. The number of piperazine rings is 1. The summed E-state index contributed by atoms with van der Waals surface area (Å²) in [6.45, 7) is 3.43. The number of methoxy groups -OCH3 is 1. The SMILES string of the molecule is COC(=O)c1cncc(Oc2ncnc(N3CCN(Cc4ccccc4)CC3)c2[N+](=O)[O-])c1. The second-order valence-electron chi connectivity index (χ2n) is 7.36. The highest BCUT2D eigenvalue weighted by atomic mass is 16.6. The Labute approximate surface area is 189 Å². The first kappa shape index (κ1) is 22.1. The molecule has 1 aliphatic rings. The van der Waals surface area contributed by atoms with E-state index in [9.17, 15) is 14.9 Å². The minimum absolute atomic E-state index is 0.123. The van der Waals surface area contributed by atoms with Crippen LogP contribution in [0.5, 0.6) is 11.6 Å². The first-order valence-electron chi connectivity index (χ1n) is 10.3. The number of rotatable bonds is 7. The summed E-state index contributed by atoms with van der Waals surface area (Å²) in [7, 11) is 1.25. The number of nitro groups is 1. The van der Waals surface area contributed by atoms with Crippen molar-refractivity contribution in [2.24, 2.45) is 0 Å². The Morgan fingerprint density at radius 1 is 1.12 bits per heavy atom. The molecule has 0 saturated carbocycles. The van der Waals surface area contributed by atoms with Gasteiger partial charge in [-0.1, -0.05) is 30.3 Å². The molecule has 11 heteroatoms. The molecule has 0 spiro atoms. The third-order valence-corrected chi connectivity index (χ3v) is 5.22. The third-order valence-electron chi connectivity index (χ3n) is 5.22. The van der Waals surface area contributed by atoms with Gasteiger partial charge in [-0.2, -0.15) is 4.98 Å². The Bertz CT molecular complexity index is 1140. The highest BCUT2D eigenvalue weighted by molar-refractivity contribution is 5.89. The van der Waals surface area contributed by atoms with E-state index in [2.05, 4.69) is 36.7 Å². The molecule has 3 aromatic rings. The van der Waals surface area contributed by atoms with E-state index in [0.717, 1.165) is 19.6 Å². The van der Waals surface area contributed by atoms with Gasteiger partial charge in [0.05, 0.1) is 23.8 Å². The van der Waals surface area contributed by atoms with Crippen LogP contribution in [0.25, 0.3) is 0 Å². The lowest BCUT2D eigenvalue weighted by atomic mass is 10.2. The van der Waals surface area contributed by atoms with E-state index in [1.807, 2.05) is 23.1 Å². The molecule has 1 saturated heterocycles. The largest absolute Gasteiger partial charge is 0.465 e. The lowest BCUT2D eigenvalue weighted by Gasteiger charge is -2.35. The van der Waals surface area contributed by atoms with E-state index < -0.39 is 10.9 Å². The van der Waals surface area contributed by atoms with Crippen molar-refractivity contribution in [1.29, 1.82) is 0 Å². The van der Waals surface area contributed by atoms with Gasteiger partial charge < -0.3 is 14.4 Å². The molecule has 0 radical (unpaired) electrons. The Hall–Kier alpha value is -4.12. The predicted octanol–water partition coefficient (Wildman–Crippen LogP) is 2.68. The van der Waals surface area contributed by atoms with E-state index in [-0.39, 0.29) is 28.7 Å². The molecule has 0 bridgehead atoms. The predicted molar refractivity (Wildman–Crippen MR) is 118 cm³/mol. The van der Waals surface area contributed by atoms with E-state index in [0.29, 0.717) is 13.1 Å². The number of hydrogen-bond acceptors (Lipinski definition) is 10. The molecule has 11 nitrogen and oxygen atoms in total. The zero-order valence-corrected chi connectivity index (χ0v) is 18.0. The Morgan fingerprint density at radius 2 is 1.88 bits per heavy atom. The van der Waals surface area contributed by atoms with Crippen molar-refractivity contribution in [2.75, 3.05) is 38.2 Å². The number of pyridine rings is 1. The fourth-order valence-corrected chi connectivity index (χ4v) is 3.59. The molecule has 0 amide bonds. The van der Waals surface area contributed by atoms with Crippen molar-refractivity contribution in [3.8, 4) is 11.6 Å². The van der Waals surface area contributed by atoms with E-state index in [1.165, 1.54) is 37.5 Å². The maximum Gasteiger partial charge on any atom is 0.373 e. The summed E-state index contributed by atoms with van der Waals surface area (Å²) < 4.78 is 10.3. The van der Waals surface area contributed by atoms with Crippen LogP contribution < -0.4 is 9.64 Å². The maximum atomic E-state index is 11.9. The molecule has 1 aliphatic heterocycles. The molecular formula is C22H22N6O5. The number of aromatic nitrogens is 3. The molecule has 3 heterocycles. The first-order valence-corrected chi connectivity index (χ1v) is 10.3. The fourth-order valence-electron chi connectivity index (χ4n) is 3.59. The molecule has 1 aromatic carbocycles. The summed E-state index contributed by atoms with van der Waals surface area (Å²) in [4.78, 5) is 39.3. The normalized spacial score (nSPS) is 14.0. The number of esters is 1. The number of hydrogen-bond donors (Lipinski definition) is 0. The standard InChI is InChI=1S/C22H22N6O5/c1-32-22(29)17-11-18(13-23-12-17)33-21-19(28(30)31)20(24-15-25-21)27-9-7-26(8-10-27)14-16-5-3-2-4-6-16/h2-6,11-13,15H,7-10,14H2,1H3. The van der Waals surface area contributed by atoms with Gasteiger partial charge in [0.15, 0.2) is 0 Å². The average Bonchev–Trinajstić information content (AvgIpc) is 2.84. The van der Waals surface area contributed by atoms with E-state index in [4.69, 9.17) is 4.74 Å². The molecule has 0 N–H and O–H groups in total. The smallest absolute Gasteiger partial charge is 0.373 e. The maximum absolute atomic E-state index is 11.9. The molecule has 4 rings (SSSR count). The van der Waals surface area contributed by atoms with Crippen molar-refractivity contribution < 1.29 is 19.2 Å². The number of carbonyl (C=O) groups is 1. The molecule has 0 atom stereocenters. The van der Waals surface area contributed by atoms with Crippen molar-refractivity contribution >= 4 is 17.5 Å². The van der Waals surface area contributed by atoms with Crippen molar-refractivity contribution in [3.05, 3.63) is 76.4 Å². The van der Waals surface area contributed by atoms with Crippen LogP contribution in [0.3, 0.4) is 0 Å².